The molecule has 1 aromatic heterocycles. The summed E-state index contributed by atoms with van der Waals surface area (Å²) < 4.78 is 1.09. The molecule has 0 unspecified atom stereocenters. The minimum atomic E-state index is 0.767. The molecular weight excluding hydrogens is 277 g/mol. The van der Waals surface area contributed by atoms with Gasteiger partial charge in [0, 0.05) is 16.7 Å². The quantitative estimate of drug-likeness (QED) is 0.803. The van der Waals surface area contributed by atoms with E-state index in [0.717, 1.165) is 28.2 Å². The van der Waals surface area contributed by atoms with Gasteiger partial charge in [0.15, 0.2) is 0 Å². The molecule has 1 saturated heterocycles. The van der Waals surface area contributed by atoms with Gasteiger partial charge in [-0.05, 0) is 41.5 Å². The second-order valence-electron chi connectivity index (χ2n) is 3.26. The molecule has 0 bridgehead atoms. The Kier molecular flexibility index (Phi) is 2.57. The molecule has 0 aromatic carbocycles. The summed E-state index contributed by atoms with van der Waals surface area (Å²) in [5, 5.41) is 0. The molecule has 2 heterocycles. The van der Waals surface area contributed by atoms with E-state index < -0.39 is 0 Å². The Labute approximate surface area is 91.5 Å². The summed E-state index contributed by atoms with van der Waals surface area (Å²) in [5.74, 6) is 1.07. The highest BCUT2D eigenvalue weighted by Crippen LogP contribution is 2.22. The Morgan fingerprint density at radius 2 is 2.08 bits per heavy atom. The Morgan fingerprint density at radius 1 is 1.38 bits per heavy atom. The monoisotopic (exact) mass is 289 g/mol. The van der Waals surface area contributed by atoms with Crippen LogP contribution in [0.4, 0.5) is 11.5 Å². The number of hydrogen-bond acceptors (Lipinski definition) is 3. The van der Waals surface area contributed by atoms with Crippen LogP contribution >= 0.6 is 22.6 Å². The number of pyridine rings is 1. The highest BCUT2D eigenvalue weighted by molar-refractivity contribution is 14.1. The van der Waals surface area contributed by atoms with Crippen molar-refractivity contribution in [2.45, 2.75) is 12.8 Å². The molecule has 0 aliphatic carbocycles. The molecular formula is C9H12IN3. The SMILES string of the molecule is Nc1cnc(N2CCCC2)cc1I. The van der Waals surface area contributed by atoms with Gasteiger partial charge in [0.05, 0.1) is 11.9 Å². The van der Waals surface area contributed by atoms with E-state index in [9.17, 15) is 0 Å². The van der Waals surface area contributed by atoms with Crippen molar-refractivity contribution in [1.82, 2.24) is 4.98 Å². The van der Waals surface area contributed by atoms with Crippen LogP contribution in [0.3, 0.4) is 0 Å². The van der Waals surface area contributed by atoms with Gasteiger partial charge in [0.1, 0.15) is 5.82 Å². The summed E-state index contributed by atoms with van der Waals surface area (Å²) >= 11 is 2.24. The van der Waals surface area contributed by atoms with Crippen molar-refractivity contribution in [2.24, 2.45) is 0 Å². The zero-order valence-electron chi connectivity index (χ0n) is 7.33. The van der Waals surface area contributed by atoms with Gasteiger partial charge >= 0.3 is 0 Å². The van der Waals surface area contributed by atoms with Crippen molar-refractivity contribution in [3.05, 3.63) is 15.8 Å². The fourth-order valence-electron chi connectivity index (χ4n) is 1.55. The Bertz CT molecular complexity index is 308. The van der Waals surface area contributed by atoms with Crippen LogP contribution in [0.1, 0.15) is 12.8 Å². The minimum Gasteiger partial charge on any atom is -0.397 e. The molecule has 1 fully saturated rings. The first-order valence-corrected chi connectivity index (χ1v) is 5.51. The van der Waals surface area contributed by atoms with Gasteiger partial charge in [0.2, 0.25) is 0 Å². The molecule has 3 nitrogen and oxygen atoms in total. The lowest BCUT2D eigenvalue weighted by atomic mass is 10.4. The molecule has 2 rings (SSSR count). The lowest BCUT2D eigenvalue weighted by Gasteiger charge is -2.16. The Morgan fingerprint density at radius 3 is 2.69 bits per heavy atom. The van der Waals surface area contributed by atoms with E-state index in [1.165, 1.54) is 12.8 Å². The second kappa shape index (κ2) is 3.69. The molecule has 13 heavy (non-hydrogen) atoms. The zero-order chi connectivity index (χ0) is 9.26. The van der Waals surface area contributed by atoms with Crippen LogP contribution < -0.4 is 10.6 Å². The van der Waals surface area contributed by atoms with E-state index in [0.29, 0.717) is 0 Å². The molecule has 0 amide bonds. The number of halogens is 1. The van der Waals surface area contributed by atoms with Crippen molar-refractivity contribution in [3.63, 3.8) is 0 Å². The lowest BCUT2D eigenvalue weighted by molar-refractivity contribution is 0.937. The number of nitrogens with two attached hydrogens (primary N) is 1. The first-order valence-electron chi connectivity index (χ1n) is 4.43. The van der Waals surface area contributed by atoms with Crippen molar-refractivity contribution < 1.29 is 0 Å². The lowest BCUT2D eigenvalue weighted by Crippen LogP contribution is -2.19. The van der Waals surface area contributed by atoms with E-state index in [1.807, 2.05) is 0 Å². The van der Waals surface area contributed by atoms with Gasteiger partial charge in [-0.3, -0.25) is 0 Å². The number of hydrogen-bond donors (Lipinski definition) is 1. The summed E-state index contributed by atoms with van der Waals surface area (Å²) in [7, 11) is 0. The minimum absolute atomic E-state index is 0.767. The maximum absolute atomic E-state index is 5.70. The molecule has 70 valence electrons. The van der Waals surface area contributed by atoms with Crippen LogP contribution in [0, 0.1) is 3.57 Å². The fraction of sp³-hybridized carbons (Fsp3) is 0.444. The third-order valence-electron chi connectivity index (χ3n) is 2.30. The van der Waals surface area contributed by atoms with E-state index in [1.54, 1.807) is 6.20 Å². The fourth-order valence-corrected chi connectivity index (χ4v) is 1.97. The summed E-state index contributed by atoms with van der Waals surface area (Å²) in [5.41, 5.74) is 6.47. The molecule has 0 atom stereocenters. The first kappa shape index (κ1) is 9.05. The van der Waals surface area contributed by atoms with Crippen molar-refractivity contribution in [3.8, 4) is 0 Å². The van der Waals surface area contributed by atoms with Gasteiger partial charge in [0.25, 0.3) is 0 Å². The number of rotatable bonds is 1. The number of aromatic nitrogens is 1. The average Bonchev–Trinajstić information content (AvgIpc) is 2.62. The molecule has 4 heteroatoms. The molecule has 2 N–H and O–H groups in total. The van der Waals surface area contributed by atoms with Crippen molar-refractivity contribution in [1.29, 1.82) is 0 Å². The molecule has 0 saturated carbocycles. The molecule has 1 aromatic rings. The topological polar surface area (TPSA) is 42.1 Å². The standard InChI is InChI=1S/C9H12IN3/c10-7-5-9(12-6-8(7)11)13-3-1-2-4-13/h5-6H,1-4,11H2. The molecule has 1 aliphatic rings. The average molecular weight is 289 g/mol. The van der Waals surface area contributed by atoms with E-state index in [-0.39, 0.29) is 0 Å². The van der Waals surface area contributed by atoms with Crippen molar-refractivity contribution in [2.75, 3.05) is 23.7 Å². The normalized spacial score (nSPS) is 16.5. The van der Waals surface area contributed by atoms with Crippen LogP contribution in [0.5, 0.6) is 0 Å². The zero-order valence-corrected chi connectivity index (χ0v) is 9.49. The second-order valence-corrected chi connectivity index (χ2v) is 4.42. The van der Waals surface area contributed by atoms with Gasteiger partial charge < -0.3 is 10.6 Å². The molecule has 1 aliphatic heterocycles. The Balaban J connectivity index is 2.25. The van der Waals surface area contributed by atoms with Gasteiger partial charge in [-0.25, -0.2) is 4.98 Å². The largest absolute Gasteiger partial charge is 0.397 e. The van der Waals surface area contributed by atoms with Crippen LogP contribution in [0.25, 0.3) is 0 Å². The van der Waals surface area contributed by atoms with Crippen LogP contribution in [0.15, 0.2) is 12.3 Å². The molecule has 0 radical (unpaired) electrons. The summed E-state index contributed by atoms with van der Waals surface area (Å²) in [6.07, 6.45) is 4.31. The Hall–Kier alpha value is -0.520. The third-order valence-corrected chi connectivity index (χ3v) is 3.23. The maximum Gasteiger partial charge on any atom is 0.129 e. The predicted octanol–water partition coefficient (Wildman–Crippen LogP) is 1.87. The van der Waals surface area contributed by atoms with E-state index in [2.05, 4.69) is 38.5 Å². The smallest absolute Gasteiger partial charge is 0.129 e. The summed E-state index contributed by atoms with van der Waals surface area (Å²) in [6, 6.07) is 2.06. The number of nitrogen functional groups attached to an aromatic ring is 1. The van der Waals surface area contributed by atoms with Gasteiger partial charge in [-0.15, -0.1) is 0 Å². The highest BCUT2D eigenvalue weighted by Gasteiger charge is 2.13. The first-order chi connectivity index (χ1) is 6.27. The number of anilines is 2. The summed E-state index contributed by atoms with van der Waals surface area (Å²) in [4.78, 5) is 6.62. The van der Waals surface area contributed by atoms with E-state index in [4.69, 9.17) is 5.73 Å². The van der Waals surface area contributed by atoms with Crippen molar-refractivity contribution >= 4 is 34.1 Å². The number of nitrogens with zero attached hydrogens (tertiary/aromatic N) is 2. The van der Waals surface area contributed by atoms with Crippen LogP contribution in [-0.2, 0) is 0 Å². The predicted molar refractivity (Wildman–Crippen MR) is 62.8 cm³/mol. The third kappa shape index (κ3) is 1.87. The van der Waals surface area contributed by atoms with Crippen LogP contribution in [0.2, 0.25) is 0 Å². The molecule has 0 spiro atoms. The maximum atomic E-state index is 5.70. The van der Waals surface area contributed by atoms with E-state index >= 15 is 0 Å². The van der Waals surface area contributed by atoms with Gasteiger partial charge in [-0.2, -0.15) is 0 Å². The summed E-state index contributed by atoms with van der Waals surface area (Å²) in [6.45, 7) is 2.26. The van der Waals surface area contributed by atoms with Gasteiger partial charge in [-0.1, -0.05) is 0 Å². The van der Waals surface area contributed by atoms with Crippen LogP contribution in [-0.4, -0.2) is 18.1 Å². The highest BCUT2D eigenvalue weighted by atomic mass is 127.